The van der Waals surface area contributed by atoms with Crippen LogP contribution in [0.25, 0.3) is 0 Å². The van der Waals surface area contributed by atoms with Crippen molar-refractivity contribution in [2.45, 2.75) is 50.4 Å². The van der Waals surface area contributed by atoms with Gasteiger partial charge in [0.2, 0.25) is 0 Å². The summed E-state index contributed by atoms with van der Waals surface area (Å²) in [5.41, 5.74) is 3.10. The molecule has 4 rings (SSSR count). The van der Waals surface area contributed by atoms with E-state index in [-0.39, 0.29) is 18.8 Å². The van der Waals surface area contributed by atoms with Crippen molar-refractivity contribution in [2.24, 2.45) is 5.92 Å². The van der Waals surface area contributed by atoms with Gasteiger partial charge in [-0.3, -0.25) is 0 Å². The first-order valence-corrected chi connectivity index (χ1v) is 10.9. The van der Waals surface area contributed by atoms with Crippen LogP contribution in [-0.4, -0.2) is 35.6 Å². The summed E-state index contributed by atoms with van der Waals surface area (Å²) in [6, 6.07) is 13.8. The van der Waals surface area contributed by atoms with Crippen LogP contribution in [0.2, 0.25) is 5.02 Å². The zero-order chi connectivity index (χ0) is 20.9. The largest absolute Gasteiger partial charge is 0.481 e. The molecule has 30 heavy (non-hydrogen) atoms. The van der Waals surface area contributed by atoms with Crippen LogP contribution >= 0.6 is 11.6 Å². The van der Waals surface area contributed by atoms with E-state index in [9.17, 15) is 10.2 Å². The Morgan fingerprint density at radius 1 is 1.10 bits per heavy atom. The van der Waals surface area contributed by atoms with Crippen molar-refractivity contribution >= 4 is 11.6 Å². The normalized spacial score (nSPS) is 23.5. The Labute approximate surface area is 182 Å². The maximum atomic E-state index is 10.1. The van der Waals surface area contributed by atoms with Gasteiger partial charge in [0, 0.05) is 23.8 Å². The highest BCUT2D eigenvalue weighted by atomic mass is 35.5. The molecule has 0 aromatic heterocycles. The van der Waals surface area contributed by atoms with Gasteiger partial charge in [-0.2, -0.15) is 0 Å². The molecule has 1 heterocycles. The molecular weight excluding hydrogens is 400 g/mol. The molecular formula is C25H27ClO4. The van der Waals surface area contributed by atoms with Crippen LogP contribution < -0.4 is 4.74 Å². The fraction of sp³-hybridized carbons (Fsp3) is 0.440. The lowest BCUT2D eigenvalue weighted by atomic mass is 9.94. The van der Waals surface area contributed by atoms with Gasteiger partial charge in [-0.05, 0) is 54.2 Å². The summed E-state index contributed by atoms with van der Waals surface area (Å²) in [5, 5.41) is 20.2. The van der Waals surface area contributed by atoms with Crippen LogP contribution in [0.1, 0.15) is 48.5 Å². The predicted molar refractivity (Wildman–Crippen MR) is 117 cm³/mol. The number of halogens is 1. The molecule has 2 fully saturated rings. The quantitative estimate of drug-likeness (QED) is 0.676. The van der Waals surface area contributed by atoms with Gasteiger partial charge in [0.15, 0.2) is 0 Å². The van der Waals surface area contributed by atoms with Gasteiger partial charge in [0.25, 0.3) is 0 Å². The second kappa shape index (κ2) is 9.85. The lowest BCUT2D eigenvalue weighted by molar-refractivity contribution is -0.113. The third kappa shape index (κ3) is 5.77. The summed E-state index contributed by atoms with van der Waals surface area (Å²) in [4.78, 5) is 0. The average Bonchev–Trinajstić information content (AvgIpc) is 3.58. The van der Waals surface area contributed by atoms with Crippen molar-refractivity contribution in [1.82, 2.24) is 0 Å². The molecule has 0 amide bonds. The van der Waals surface area contributed by atoms with Crippen molar-refractivity contribution in [3.63, 3.8) is 0 Å². The molecule has 0 radical (unpaired) electrons. The van der Waals surface area contributed by atoms with Gasteiger partial charge in [-0.1, -0.05) is 47.7 Å². The minimum absolute atomic E-state index is 0.0887. The Hall–Kier alpha value is -2.03. The summed E-state index contributed by atoms with van der Waals surface area (Å²) < 4.78 is 11.6. The molecule has 5 heteroatoms. The van der Waals surface area contributed by atoms with Crippen LogP contribution in [-0.2, 0) is 11.2 Å². The molecule has 3 atom stereocenters. The monoisotopic (exact) mass is 426 g/mol. The Kier molecular flexibility index (Phi) is 6.97. The van der Waals surface area contributed by atoms with Crippen molar-refractivity contribution in [2.75, 3.05) is 13.2 Å². The van der Waals surface area contributed by atoms with E-state index in [1.807, 2.05) is 42.5 Å². The standard InChI is InChI=1S/C25H27ClO4/c26-24-10-7-19(25-15-21(28)14-23(16-27)30-25)13-20(24)12-18-5-8-22(9-6-18)29-11-1-2-17-3-4-17/h5-10,13,17,21,23,25,27-28H,3-4,11-12,14-16H2/t21-,23-,25-/m0/s1. The number of rotatable bonds is 6. The van der Waals surface area contributed by atoms with E-state index in [1.54, 1.807) is 0 Å². The van der Waals surface area contributed by atoms with Crippen LogP contribution in [0.15, 0.2) is 42.5 Å². The minimum Gasteiger partial charge on any atom is -0.481 e. The topological polar surface area (TPSA) is 58.9 Å². The van der Waals surface area contributed by atoms with E-state index in [0.29, 0.717) is 36.8 Å². The van der Waals surface area contributed by atoms with E-state index in [4.69, 9.17) is 21.1 Å². The number of hydrogen-bond acceptors (Lipinski definition) is 4. The van der Waals surface area contributed by atoms with Gasteiger partial charge in [0.05, 0.1) is 24.9 Å². The summed E-state index contributed by atoms with van der Waals surface area (Å²) in [6.07, 6.45) is 3.08. The zero-order valence-corrected chi connectivity index (χ0v) is 17.6. The molecule has 1 aliphatic carbocycles. The molecule has 1 aliphatic heterocycles. The molecule has 2 N–H and O–H groups in total. The van der Waals surface area contributed by atoms with Crippen LogP contribution in [0.3, 0.4) is 0 Å². The lowest BCUT2D eigenvalue weighted by Gasteiger charge is -2.32. The Morgan fingerprint density at radius 2 is 1.90 bits per heavy atom. The van der Waals surface area contributed by atoms with E-state index >= 15 is 0 Å². The lowest BCUT2D eigenvalue weighted by Crippen LogP contribution is -2.33. The van der Waals surface area contributed by atoms with Gasteiger partial charge < -0.3 is 19.7 Å². The number of ether oxygens (including phenoxy) is 2. The SMILES string of the molecule is OC[C@@H]1C[C@H](O)C[C@@H](c2ccc(Cl)c(Cc3ccc(OCC#CC4CC4)cc3)c2)O1. The molecule has 2 aromatic carbocycles. The van der Waals surface area contributed by atoms with Crippen molar-refractivity contribution in [3.8, 4) is 17.6 Å². The van der Waals surface area contributed by atoms with Crippen LogP contribution in [0.4, 0.5) is 0 Å². The summed E-state index contributed by atoms with van der Waals surface area (Å²) in [5.74, 6) is 7.66. The fourth-order valence-electron chi connectivity index (χ4n) is 3.71. The van der Waals surface area contributed by atoms with Crippen molar-refractivity contribution in [3.05, 3.63) is 64.2 Å². The first kappa shape index (κ1) is 21.2. The second-order valence-corrected chi connectivity index (χ2v) is 8.52. The predicted octanol–water partition coefficient (Wildman–Crippen LogP) is 4.30. The molecule has 0 unspecified atom stereocenters. The molecule has 1 saturated heterocycles. The van der Waals surface area contributed by atoms with Gasteiger partial charge >= 0.3 is 0 Å². The van der Waals surface area contributed by atoms with Gasteiger partial charge in [-0.25, -0.2) is 0 Å². The highest BCUT2D eigenvalue weighted by molar-refractivity contribution is 6.31. The highest BCUT2D eigenvalue weighted by Crippen LogP contribution is 2.34. The second-order valence-electron chi connectivity index (χ2n) is 8.11. The van der Waals surface area contributed by atoms with E-state index in [1.165, 1.54) is 12.8 Å². The summed E-state index contributed by atoms with van der Waals surface area (Å²) in [7, 11) is 0. The maximum absolute atomic E-state index is 10.1. The van der Waals surface area contributed by atoms with Crippen molar-refractivity contribution < 1.29 is 19.7 Å². The molecule has 158 valence electrons. The zero-order valence-electron chi connectivity index (χ0n) is 16.9. The average molecular weight is 427 g/mol. The number of aliphatic hydroxyl groups is 2. The summed E-state index contributed by atoms with van der Waals surface area (Å²) >= 11 is 6.45. The van der Waals surface area contributed by atoms with E-state index < -0.39 is 6.10 Å². The number of aliphatic hydroxyl groups excluding tert-OH is 2. The first-order valence-electron chi connectivity index (χ1n) is 10.5. The van der Waals surface area contributed by atoms with E-state index in [2.05, 4.69) is 11.8 Å². The molecule has 2 aliphatic rings. The van der Waals surface area contributed by atoms with Gasteiger partial charge in [0.1, 0.15) is 12.4 Å². The molecule has 0 bridgehead atoms. The third-order valence-corrected chi connectivity index (χ3v) is 5.90. The van der Waals surface area contributed by atoms with Crippen LogP contribution in [0, 0.1) is 17.8 Å². The number of hydrogen-bond donors (Lipinski definition) is 2. The number of benzene rings is 2. The highest BCUT2D eigenvalue weighted by Gasteiger charge is 2.29. The minimum atomic E-state index is -0.471. The third-order valence-electron chi connectivity index (χ3n) is 5.54. The Morgan fingerprint density at radius 3 is 2.63 bits per heavy atom. The fourth-order valence-corrected chi connectivity index (χ4v) is 3.89. The Balaban J connectivity index is 1.40. The van der Waals surface area contributed by atoms with Crippen molar-refractivity contribution in [1.29, 1.82) is 0 Å². The molecule has 4 nitrogen and oxygen atoms in total. The van der Waals surface area contributed by atoms with Crippen LogP contribution in [0.5, 0.6) is 5.75 Å². The smallest absolute Gasteiger partial charge is 0.149 e. The molecule has 0 spiro atoms. The summed E-state index contributed by atoms with van der Waals surface area (Å²) in [6.45, 7) is 0.334. The van der Waals surface area contributed by atoms with Gasteiger partial charge in [-0.15, -0.1) is 0 Å². The first-order chi connectivity index (χ1) is 14.6. The molecule has 1 saturated carbocycles. The maximum Gasteiger partial charge on any atom is 0.149 e. The van der Waals surface area contributed by atoms with E-state index in [0.717, 1.165) is 22.4 Å². The Bertz CT molecular complexity index is 911. The molecule has 2 aromatic rings.